The van der Waals surface area contributed by atoms with Gasteiger partial charge in [0.05, 0.1) is 12.1 Å². The SMILES string of the molecule is Cc1ccc2c(c1)NC(=O)C(CC(=O)O)O2. The molecular formula is C11H11NO4. The van der Waals surface area contributed by atoms with E-state index < -0.39 is 18.0 Å². The zero-order valence-corrected chi connectivity index (χ0v) is 8.69. The first-order valence-electron chi connectivity index (χ1n) is 4.86. The van der Waals surface area contributed by atoms with E-state index >= 15 is 0 Å². The number of hydrogen-bond acceptors (Lipinski definition) is 3. The Labute approximate surface area is 92.0 Å². The molecule has 0 aromatic heterocycles. The molecule has 84 valence electrons. The Balaban J connectivity index is 2.25. The van der Waals surface area contributed by atoms with Gasteiger partial charge < -0.3 is 15.2 Å². The van der Waals surface area contributed by atoms with Crippen molar-refractivity contribution in [2.24, 2.45) is 0 Å². The molecule has 0 saturated heterocycles. The lowest BCUT2D eigenvalue weighted by Crippen LogP contribution is -2.38. The van der Waals surface area contributed by atoms with Crippen LogP contribution in [0.3, 0.4) is 0 Å². The molecule has 1 aliphatic rings. The number of ether oxygens (including phenoxy) is 1. The van der Waals surface area contributed by atoms with Crippen molar-refractivity contribution in [3.05, 3.63) is 23.8 Å². The fourth-order valence-corrected chi connectivity index (χ4v) is 1.56. The first-order valence-corrected chi connectivity index (χ1v) is 4.86. The number of hydrogen-bond donors (Lipinski definition) is 2. The molecule has 16 heavy (non-hydrogen) atoms. The summed E-state index contributed by atoms with van der Waals surface area (Å²) in [4.78, 5) is 22.0. The zero-order chi connectivity index (χ0) is 11.7. The largest absolute Gasteiger partial charge is 0.481 e. The highest BCUT2D eigenvalue weighted by molar-refractivity contribution is 5.99. The Hall–Kier alpha value is -2.04. The number of aryl methyl sites for hydroxylation is 1. The number of nitrogens with one attached hydrogen (secondary N) is 1. The summed E-state index contributed by atoms with van der Waals surface area (Å²) >= 11 is 0. The fraction of sp³-hybridized carbons (Fsp3) is 0.273. The minimum Gasteiger partial charge on any atom is -0.481 e. The van der Waals surface area contributed by atoms with Crippen LogP contribution in [0.4, 0.5) is 5.69 Å². The molecule has 0 radical (unpaired) electrons. The van der Waals surface area contributed by atoms with E-state index in [4.69, 9.17) is 9.84 Å². The average molecular weight is 221 g/mol. The monoisotopic (exact) mass is 221 g/mol. The second-order valence-electron chi connectivity index (χ2n) is 3.69. The van der Waals surface area contributed by atoms with Gasteiger partial charge in [0.1, 0.15) is 5.75 Å². The summed E-state index contributed by atoms with van der Waals surface area (Å²) in [6, 6.07) is 5.34. The van der Waals surface area contributed by atoms with Gasteiger partial charge >= 0.3 is 5.97 Å². The molecule has 0 aliphatic carbocycles. The van der Waals surface area contributed by atoms with E-state index in [1.165, 1.54) is 0 Å². The van der Waals surface area contributed by atoms with Crippen LogP contribution in [0.5, 0.6) is 5.75 Å². The van der Waals surface area contributed by atoms with Crippen molar-refractivity contribution in [3.8, 4) is 5.75 Å². The van der Waals surface area contributed by atoms with Gasteiger partial charge in [-0.25, -0.2) is 0 Å². The molecule has 1 unspecified atom stereocenters. The molecule has 0 spiro atoms. The van der Waals surface area contributed by atoms with Gasteiger partial charge in [0, 0.05) is 0 Å². The fourth-order valence-electron chi connectivity index (χ4n) is 1.56. The van der Waals surface area contributed by atoms with Crippen LogP contribution in [0, 0.1) is 6.92 Å². The molecule has 1 aromatic rings. The molecule has 1 aromatic carbocycles. The van der Waals surface area contributed by atoms with E-state index in [1.807, 2.05) is 13.0 Å². The summed E-state index contributed by atoms with van der Waals surface area (Å²) in [7, 11) is 0. The normalized spacial score (nSPS) is 18.3. The number of rotatable bonds is 2. The highest BCUT2D eigenvalue weighted by Crippen LogP contribution is 2.30. The van der Waals surface area contributed by atoms with Gasteiger partial charge in [0.25, 0.3) is 5.91 Å². The Morgan fingerprint density at radius 2 is 2.31 bits per heavy atom. The Morgan fingerprint density at radius 3 is 3.00 bits per heavy atom. The van der Waals surface area contributed by atoms with Crippen molar-refractivity contribution in [2.45, 2.75) is 19.4 Å². The molecule has 2 rings (SSSR count). The number of fused-ring (bicyclic) bond motifs is 1. The number of aliphatic carboxylic acids is 1. The van der Waals surface area contributed by atoms with Gasteiger partial charge in [-0.2, -0.15) is 0 Å². The van der Waals surface area contributed by atoms with Crippen LogP contribution >= 0.6 is 0 Å². The molecule has 5 heteroatoms. The topological polar surface area (TPSA) is 75.6 Å². The summed E-state index contributed by atoms with van der Waals surface area (Å²) in [5, 5.41) is 11.2. The molecule has 1 atom stereocenters. The molecule has 0 saturated carbocycles. The van der Waals surface area contributed by atoms with Crippen molar-refractivity contribution < 1.29 is 19.4 Å². The number of carboxylic acid groups (broad SMARTS) is 1. The summed E-state index contributed by atoms with van der Waals surface area (Å²) in [5.41, 5.74) is 1.59. The summed E-state index contributed by atoms with van der Waals surface area (Å²) in [6.45, 7) is 1.90. The Kier molecular flexibility index (Phi) is 2.52. The van der Waals surface area contributed by atoms with Crippen LogP contribution < -0.4 is 10.1 Å². The second kappa shape index (κ2) is 3.84. The second-order valence-corrected chi connectivity index (χ2v) is 3.69. The minimum atomic E-state index is -1.06. The molecule has 1 aliphatic heterocycles. The van der Waals surface area contributed by atoms with Gasteiger partial charge in [0.2, 0.25) is 0 Å². The third-order valence-corrected chi connectivity index (χ3v) is 2.31. The van der Waals surface area contributed by atoms with E-state index in [9.17, 15) is 9.59 Å². The number of carbonyl (C=O) groups is 2. The summed E-state index contributed by atoms with van der Waals surface area (Å²) in [6.07, 6.45) is -1.29. The lowest BCUT2D eigenvalue weighted by molar-refractivity contribution is -0.142. The van der Waals surface area contributed by atoms with Crippen LogP contribution in [0.1, 0.15) is 12.0 Å². The third kappa shape index (κ3) is 1.98. The summed E-state index contributed by atoms with van der Waals surface area (Å²) in [5.74, 6) is -0.965. The van der Waals surface area contributed by atoms with Gasteiger partial charge in [0.15, 0.2) is 6.10 Å². The third-order valence-electron chi connectivity index (χ3n) is 2.31. The molecule has 1 heterocycles. The first-order chi connectivity index (χ1) is 7.56. The predicted octanol–water partition coefficient (Wildman–Crippen LogP) is 1.17. The highest BCUT2D eigenvalue weighted by Gasteiger charge is 2.29. The van der Waals surface area contributed by atoms with Crippen LogP contribution in [0.25, 0.3) is 0 Å². The predicted molar refractivity (Wildman–Crippen MR) is 56.5 cm³/mol. The highest BCUT2D eigenvalue weighted by atomic mass is 16.5. The Morgan fingerprint density at radius 1 is 1.56 bits per heavy atom. The maximum atomic E-state index is 11.5. The van der Waals surface area contributed by atoms with Crippen molar-refractivity contribution in [1.82, 2.24) is 0 Å². The van der Waals surface area contributed by atoms with Crippen LogP contribution in [-0.2, 0) is 9.59 Å². The van der Waals surface area contributed by atoms with Crippen LogP contribution in [0.15, 0.2) is 18.2 Å². The maximum absolute atomic E-state index is 11.5. The van der Waals surface area contributed by atoms with Crippen LogP contribution in [-0.4, -0.2) is 23.1 Å². The lowest BCUT2D eigenvalue weighted by Gasteiger charge is -2.25. The van der Waals surface area contributed by atoms with E-state index in [1.54, 1.807) is 12.1 Å². The van der Waals surface area contributed by atoms with E-state index in [-0.39, 0.29) is 6.42 Å². The molecule has 5 nitrogen and oxygen atoms in total. The number of carboxylic acids is 1. The number of amides is 1. The van der Waals surface area contributed by atoms with Crippen LogP contribution in [0.2, 0.25) is 0 Å². The number of anilines is 1. The van der Waals surface area contributed by atoms with Crippen molar-refractivity contribution in [3.63, 3.8) is 0 Å². The van der Waals surface area contributed by atoms with E-state index in [0.717, 1.165) is 5.56 Å². The summed E-state index contributed by atoms with van der Waals surface area (Å²) < 4.78 is 5.32. The number of benzene rings is 1. The lowest BCUT2D eigenvalue weighted by atomic mass is 10.1. The van der Waals surface area contributed by atoms with Gasteiger partial charge in [-0.3, -0.25) is 9.59 Å². The van der Waals surface area contributed by atoms with Crippen molar-refractivity contribution in [2.75, 3.05) is 5.32 Å². The van der Waals surface area contributed by atoms with Crippen molar-refractivity contribution in [1.29, 1.82) is 0 Å². The number of carbonyl (C=O) groups excluding carboxylic acids is 1. The minimum absolute atomic E-state index is 0.334. The smallest absolute Gasteiger partial charge is 0.307 e. The van der Waals surface area contributed by atoms with Gasteiger partial charge in [-0.05, 0) is 24.6 Å². The van der Waals surface area contributed by atoms with Gasteiger partial charge in [-0.15, -0.1) is 0 Å². The van der Waals surface area contributed by atoms with Crippen molar-refractivity contribution >= 4 is 17.6 Å². The molecule has 0 fully saturated rings. The standard InChI is InChI=1S/C11H11NO4/c1-6-2-3-8-7(4-6)12-11(15)9(16-8)5-10(13)14/h2-4,9H,5H2,1H3,(H,12,15)(H,13,14). The maximum Gasteiger partial charge on any atom is 0.307 e. The quantitative estimate of drug-likeness (QED) is 0.786. The average Bonchev–Trinajstić information content (AvgIpc) is 2.19. The van der Waals surface area contributed by atoms with E-state index in [2.05, 4.69) is 5.32 Å². The molecule has 2 N–H and O–H groups in total. The molecule has 0 bridgehead atoms. The van der Waals surface area contributed by atoms with E-state index in [0.29, 0.717) is 11.4 Å². The Bertz CT molecular complexity index is 455. The zero-order valence-electron chi connectivity index (χ0n) is 8.69. The molecular weight excluding hydrogens is 210 g/mol. The molecule has 1 amide bonds. The van der Waals surface area contributed by atoms with Gasteiger partial charge in [-0.1, -0.05) is 6.07 Å². The first kappa shape index (κ1) is 10.5.